The highest BCUT2D eigenvalue weighted by Gasteiger charge is 2.26. The summed E-state index contributed by atoms with van der Waals surface area (Å²) in [4.78, 5) is 2.33. The highest BCUT2D eigenvalue weighted by atomic mass is 16.5. The van der Waals surface area contributed by atoms with E-state index in [1.54, 1.807) is 0 Å². The van der Waals surface area contributed by atoms with Gasteiger partial charge in [0, 0.05) is 18.7 Å². The van der Waals surface area contributed by atoms with Crippen LogP contribution in [0.3, 0.4) is 0 Å². The fraction of sp³-hybridized carbons (Fsp3) is 1.00. The summed E-state index contributed by atoms with van der Waals surface area (Å²) >= 11 is 0. The van der Waals surface area contributed by atoms with Gasteiger partial charge in [0.05, 0.1) is 6.61 Å². The van der Waals surface area contributed by atoms with Crippen LogP contribution in [0.5, 0.6) is 0 Å². The Bertz CT molecular complexity index is 179. The first-order chi connectivity index (χ1) is 7.66. The number of nitrogens with zero attached hydrogens (tertiary/aromatic N) is 1. The standard InChI is InChI=1S/C13H28N2O/c1-3-16-12-11-15(2)10-9-13(14)7-5-4-6-8-13/h3-12,14H2,1-2H3. The summed E-state index contributed by atoms with van der Waals surface area (Å²) in [6.45, 7) is 5.81. The van der Waals surface area contributed by atoms with Crippen LogP contribution in [-0.4, -0.2) is 43.8 Å². The minimum atomic E-state index is 0.123. The highest BCUT2D eigenvalue weighted by molar-refractivity contribution is 4.87. The molecule has 0 radical (unpaired) electrons. The van der Waals surface area contributed by atoms with Crippen molar-refractivity contribution in [3.63, 3.8) is 0 Å². The van der Waals surface area contributed by atoms with Gasteiger partial charge in [-0.05, 0) is 39.8 Å². The minimum Gasteiger partial charge on any atom is -0.380 e. The molecule has 0 amide bonds. The smallest absolute Gasteiger partial charge is 0.0593 e. The van der Waals surface area contributed by atoms with Crippen molar-refractivity contribution in [2.24, 2.45) is 5.73 Å². The maximum atomic E-state index is 6.40. The third-order valence-electron chi connectivity index (χ3n) is 3.66. The van der Waals surface area contributed by atoms with E-state index in [0.717, 1.165) is 32.7 Å². The van der Waals surface area contributed by atoms with Crippen molar-refractivity contribution in [3.8, 4) is 0 Å². The van der Waals surface area contributed by atoms with Gasteiger partial charge in [-0.2, -0.15) is 0 Å². The van der Waals surface area contributed by atoms with Crippen LogP contribution in [0.4, 0.5) is 0 Å². The van der Waals surface area contributed by atoms with Crippen LogP contribution in [0, 0.1) is 0 Å². The zero-order valence-electron chi connectivity index (χ0n) is 11.0. The Hall–Kier alpha value is -0.120. The summed E-state index contributed by atoms with van der Waals surface area (Å²) in [7, 11) is 2.16. The van der Waals surface area contributed by atoms with E-state index < -0.39 is 0 Å². The Kier molecular flexibility index (Phi) is 6.32. The molecule has 3 heteroatoms. The molecule has 0 unspecified atom stereocenters. The van der Waals surface area contributed by atoms with Gasteiger partial charge < -0.3 is 15.4 Å². The lowest BCUT2D eigenvalue weighted by molar-refractivity contribution is 0.117. The summed E-state index contributed by atoms with van der Waals surface area (Å²) in [5, 5.41) is 0. The van der Waals surface area contributed by atoms with Crippen LogP contribution in [0.1, 0.15) is 45.4 Å². The number of likely N-dealkylation sites (N-methyl/N-ethyl adjacent to an activating group) is 1. The molecule has 0 atom stereocenters. The van der Waals surface area contributed by atoms with Crippen LogP contribution < -0.4 is 5.73 Å². The first kappa shape index (κ1) is 13.9. The monoisotopic (exact) mass is 228 g/mol. The summed E-state index contributed by atoms with van der Waals surface area (Å²) in [6, 6.07) is 0. The van der Waals surface area contributed by atoms with E-state index in [1.165, 1.54) is 32.1 Å². The van der Waals surface area contributed by atoms with E-state index in [2.05, 4.69) is 11.9 Å². The van der Waals surface area contributed by atoms with E-state index in [-0.39, 0.29) is 5.54 Å². The number of hydrogen-bond donors (Lipinski definition) is 1. The largest absolute Gasteiger partial charge is 0.380 e. The zero-order valence-corrected chi connectivity index (χ0v) is 11.0. The van der Waals surface area contributed by atoms with Gasteiger partial charge in [-0.15, -0.1) is 0 Å². The van der Waals surface area contributed by atoms with Crippen LogP contribution in [0.15, 0.2) is 0 Å². The summed E-state index contributed by atoms with van der Waals surface area (Å²) in [5.74, 6) is 0. The molecule has 0 aromatic rings. The molecule has 2 N–H and O–H groups in total. The van der Waals surface area contributed by atoms with Gasteiger partial charge in [0.25, 0.3) is 0 Å². The summed E-state index contributed by atoms with van der Waals surface area (Å²) < 4.78 is 5.35. The molecule has 96 valence electrons. The number of rotatable bonds is 7. The second kappa shape index (κ2) is 7.25. The Morgan fingerprint density at radius 1 is 1.19 bits per heavy atom. The molecule has 1 aliphatic carbocycles. The van der Waals surface area contributed by atoms with Crippen LogP contribution in [-0.2, 0) is 4.74 Å². The predicted octanol–water partition coefficient (Wildman–Crippen LogP) is 2.01. The fourth-order valence-corrected chi connectivity index (χ4v) is 2.40. The molecule has 1 fully saturated rings. The van der Waals surface area contributed by atoms with Crippen molar-refractivity contribution in [2.75, 3.05) is 33.4 Å². The first-order valence-electron chi connectivity index (χ1n) is 6.71. The molecule has 0 saturated heterocycles. The van der Waals surface area contributed by atoms with Gasteiger partial charge in [0.15, 0.2) is 0 Å². The van der Waals surface area contributed by atoms with E-state index in [4.69, 9.17) is 10.5 Å². The van der Waals surface area contributed by atoms with Crippen LogP contribution >= 0.6 is 0 Å². The van der Waals surface area contributed by atoms with E-state index in [9.17, 15) is 0 Å². The predicted molar refractivity (Wildman–Crippen MR) is 68.6 cm³/mol. The van der Waals surface area contributed by atoms with Gasteiger partial charge in [-0.25, -0.2) is 0 Å². The molecular weight excluding hydrogens is 200 g/mol. The second-order valence-corrected chi connectivity index (χ2v) is 5.17. The Balaban J connectivity index is 2.12. The lowest BCUT2D eigenvalue weighted by atomic mass is 9.80. The lowest BCUT2D eigenvalue weighted by Gasteiger charge is -2.34. The second-order valence-electron chi connectivity index (χ2n) is 5.17. The molecule has 0 aromatic carbocycles. The van der Waals surface area contributed by atoms with Gasteiger partial charge in [0.1, 0.15) is 0 Å². The van der Waals surface area contributed by atoms with Crippen LogP contribution in [0.25, 0.3) is 0 Å². The molecule has 0 aromatic heterocycles. The molecule has 0 heterocycles. The van der Waals surface area contributed by atoms with E-state index in [0.29, 0.717) is 0 Å². The average Bonchev–Trinajstić information content (AvgIpc) is 2.28. The molecule has 0 spiro atoms. The van der Waals surface area contributed by atoms with Crippen molar-refractivity contribution >= 4 is 0 Å². The maximum Gasteiger partial charge on any atom is 0.0593 e. The summed E-state index contributed by atoms with van der Waals surface area (Å²) in [6.07, 6.45) is 7.58. The van der Waals surface area contributed by atoms with E-state index in [1.807, 2.05) is 6.92 Å². The topological polar surface area (TPSA) is 38.5 Å². The first-order valence-corrected chi connectivity index (χ1v) is 6.71. The number of hydrogen-bond acceptors (Lipinski definition) is 3. The van der Waals surface area contributed by atoms with Gasteiger partial charge >= 0.3 is 0 Å². The van der Waals surface area contributed by atoms with E-state index >= 15 is 0 Å². The van der Waals surface area contributed by atoms with Crippen LogP contribution in [0.2, 0.25) is 0 Å². The van der Waals surface area contributed by atoms with Gasteiger partial charge in [-0.1, -0.05) is 19.3 Å². The molecule has 3 nitrogen and oxygen atoms in total. The molecule has 1 saturated carbocycles. The third-order valence-corrected chi connectivity index (χ3v) is 3.66. The third kappa shape index (κ3) is 5.28. The van der Waals surface area contributed by atoms with Crippen molar-refractivity contribution in [1.82, 2.24) is 4.90 Å². The molecular formula is C13H28N2O. The zero-order chi connectivity index (χ0) is 11.9. The van der Waals surface area contributed by atoms with Gasteiger partial charge in [-0.3, -0.25) is 0 Å². The normalized spacial score (nSPS) is 20.2. The molecule has 1 aliphatic rings. The summed E-state index contributed by atoms with van der Waals surface area (Å²) in [5.41, 5.74) is 6.53. The lowest BCUT2D eigenvalue weighted by Crippen LogP contribution is -2.44. The number of nitrogens with two attached hydrogens (primary N) is 1. The van der Waals surface area contributed by atoms with Crippen molar-refractivity contribution in [1.29, 1.82) is 0 Å². The maximum absolute atomic E-state index is 6.40. The van der Waals surface area contributed by atoms with Crippen molar-refractivity contribution < 1.29 is 4.74 Å². The SMILES string of the molecule is CCOCCN(C)CCC1(N)CCCCC1. The van der Waals surface area contributed by atoms with Crippen molar-refractivity contribution in [3.05, 3.63) is 0 Å². The number of ether oxygens (including phenoxy) is 1. The van der Waals surface area contributed by atoms with Crippen molar-refractivity contribution in [2.45, 2.75) is 51.0 Å². The molecule has 1 rings (SSSR count). The Morgan fingerprint density at radius 3 is 2.50 bits per heavy atom. The Labute approximate surface area is 100 Å². The fourth-order valence-electron chi connectivity index (χ4n) is 2.40. The average molecular weight is 228 g/mol. The Morgan fingerprint density at radius 2 is 1.88 bits per heavy atom. The minimum absolute atomic E-state index is 0.123. The quantitative estimate of drug-likeness (QED) is 0.677. The highest BCUT2D eigenvalue weighted by Crippen LogP contribution is 2.28. The molecule has 0 aliphatic heterocycles. The molecule has 16 heavy (non-hydrogen) atoms. The molecule has 0 bridgehead atoms. The van der Waals surface area contributed by atoms with Gasteiger partial charge in [0.2, 0.25) is 0 Å².